The number of H-pyrrole nitrogens is 1. The van der Waals surface area contributed by atoms with E-state index in [2.05, 4.69) is 4.98 Å². The van der Waals surface area contributed by atoms with Gasteiger partial charge < -0.3 is 10.1 Å². The second kappa shape index (κ2) is 5.16. The van der Waals surface area contributed by atoms with E-state index in [1.54, 1.807) is 17.8 Å². The van der Waals surface area contributed by atoms with Crippen LogP contribution in [0.5, 0.6) is 0 Å². The second-order valence-corrected chi connectivity index (χ2v) is 6.17. The number of nitrogens with one attached hydrogen (secondary N) is 1. The van der Waals surface area contributed by atoms with Crippen molar-refractivity contribution in [3.63, 3.8) is 0 Å². The van der Waals surface area contributed by atoms with Crippen LogP contribution in [0.25, 0.3) is 10.9 Å². The van der Waals surface area contributed by atoms with Crippen LogP contribution >= 0.6 is 11.8 Å². The standard InChI is InChI=1S/C14H17NO2S/c1-14(2,8-16)9-18-12-7-13(17)15-11-6-4-3-5-10(11)12/h3-7,16H,8-9H2,1-2H3,(H,15,17). The Hall–Kier alpha value is -1.26. The Bertz CT molecular complexity index is 604. The normalized spacial score (nSPS) is 11.9. The molecule has 0 radical (unpaired) electrons. The molecule has 0 aliphatic rings. The number of fused-ring (bicyclic) bond motifs is 1. The Labute approximate surface area is 110 Å². The van der Waals surface area contributed by atoms with Gasteiger partial charge in [0.1, 0.15) is 0 Å². The summed E-state index contributed by atoms with van der Waals surface area (Å²) in [5, 5.41) is 10.3. The van der Waals surface area contributed by atoms with Crippen molar-refractivity contribution in [1.82, 2.24) is 4.98 Å². The lowest BCUT2D eigenvalue weighted by Gasteiger charge is -2.21. The fraction of sp³-hybridized carbons (Fsp3) is 0.357. The Morgan fingerprint density at radius 3 is 2.78 bits per heavy atom. The molecule has 0 atom stereocenters. The summed E-state index contributed by atoms with van der Waals surface area (Å²) in [5.74, 6) is 0.775. The van der Waals surface area contributed by atoms with Crippen molar-refractivity contribution in [1.29, 1.82) is 0 Å². The number of aromatic nitrogens is 1. The Morgan fingerprint density at radius 2 is 2.06 bits per heavy atom. The van der Waals surface area contributed by atoms with Crippen LogP contribution in [0.1, 0.15) is 13.8 Å². The monoisotopic (exact) mass is 263 g/mol. The van der Waals surface area contributed by atoms with E-state index in [0.29, 0.717) is 0 Å². The van der Waals surface area contributed by atoms with Gasteiger partial charge in [0.15, 0.2) is 0 Å². The van der Waals surface area contributed by atoms with Crippen LogP contribution in [0.3, 0.4) is 0 Å². The average molecular weight is 263 g/mol. The minimum absolute atomic E-state index is 0.0852. The van der Waals surface area contributed by atoms with E-state index in [1.807, 2.05) is 38.1 Å². The van der Waals surface area contributed by atoms with Crippen LogP contribution in [-0.2, 0) is 0 Å². The van der Waals surface area contributed by atoms with E-state index in [9.17, 15) is 9.90 Å². The molecule has 1 aromatic heterocycles. The van der Waals surface area contributed by atoms with Gasteiger partial charge in [0.05, 0.1) is 0 Å². The van der Waals surface area contributed by atoms with Crippen molar-refractivity contribution >= 4 is 22.7 Å². The number of aliphatic hydroxyl groups excluding tert-OH is 1. The van der Waals surface area contributed by atoms with Gasteiger partial charge >= 0.3 is 0 Å². The topological polar surface area (TPSA) is 53.1 Å². The molecule has 1 aromatic carbocycles. The van der Waals surface area contributed by atoms with Crippen molar-refractivity contribution in [2.75, 3.05) is 12.4 Å². The molecule has 0 spiro atoms. The summed E-state index contributed by atoms with van der Waals surface area (Å²) in [7, 11) is 0. The number of para-hydroxylation sites is 1. The number of thioether (sulfide) groups is 1. The molecule has 0 aliphatic carbocycles. The third-order valence-electron chi connectivity index (χ3n) is 2.76. The first-order chi connectivity index (χ1) is 8.52. The van der Waals surface area contributed by atoms with Crippen LogP contribution in [0, 0.1) is 5.41 Å². The molecular formula is C14H17NO2S. The number of pyridine rings is 1. The van der Waals surface area contributed by atoms with Gasteiger partial charge in [-0.25, -0.2) is 0 Å². The van der Waals surface area contributed by atoms with E-state index in [1.165, 1.54) is 0 Å². The fourth-order valence-electron chi connectivity index (χ4n) is 1.61. The maximum absolute atomic E-state index is 11.6. The van der Waals surface area contributed by atoms with Gasteiger partial charge in [-0.3, -0.25) is 4.79 Å². The number of aromatic amines is 1. The summed E-state index contributed by atoms with van der Waals surface area (Å²) in [5.41, 5.74) is 0.626. The van der Waals surface area contributed by atoms with Crippen LogP contribution in [0.15, 0.2) is 40.0 Å². The summed E-state index contributed by atoms with van der Waals surface area (Å²) in [6, 6.07) is 9.39. The molecule has 0 fully saturated rings. The number of hydrogen-bond acceptors (Lipinski definition) is 3. The van der Waals surface area contributed by atoms with Gasteiger partial charge in [-0.2, -0.15) is 0 Å². The van der Waals surface area contributed by atoms with Crippen LogP contribution in [-0.4, -0.2) is 22.5 Å². The number of benzene rings is 1. The van der Waals surface area contributed by atoms with Gasteiger partial charge in [-0.1, -0.05) is 32.0 Å². The molecule has 18 heavy (non-hydrogen) atoms. The maximum Gasteiger partial charge on any atom is 0.249 e. The Morgan fingerprint density at radius 1 is 1.33 bits per heavy atom. The molecular weight excluding hydrogens is 246 g/mol. The molecule has 0 saturated carbocycles. The smallest absolute Gasteiger partial charge is 0.249 e. The SMILES string of the molecule is CC(C)(CO)CSc1cc(=O)[nH]c2ccccc12. The van der Waals surface area contributed by atoms with E-state index >= 15 is 0 Å². The highest BCUT2D eigenvalue weighted by atomic mass is 32.2. The van der Waals surface area contributed by atoms with Gasteiger partial charge in [0.25, 0.3) is 0 Å². The maximum atomic E-state index is 11.6. The van der Waals surface area contributed by atoms with Gasteiger partial charge in [0, 0.05) is 34.2 Å². The lowest BCUT2D eigenvalue weighted by atomic mass is 9.98. The predicted molar refractivity (Wildman–Crippen MR) is 76.2 cm³/mol. The molecule has 0 bridgehead atoms. The van der Waals surface area contributed by atoms with Crippen molar-refractivity contribution in [2.24, 2.45) is 5.41 Å². The first kappa shape index (κ1) is 13.2. The van der Waals surface area contributed by atoms with Gasteiger partial charge in [-0.05, 0) is 11.5 Å². The third kappa shape index (κ3) is 2.94. The molecule has 4 heteroatoms. The van der Waals surface area contributed by atoms with Crippen molar-refractivity contribution in [3.05, 3.63) is 40.7 Å². The lowest BCUT2D eigenvalue weighted by Crippen LogP contribution is -2.19. The molecule has 96 valence electrons. The Balaban J connectivity index is 2.36. The minimum Gasteiger partial charge on any atom is -0.396 e. The first-order valence-electron chi connectivity index (χ1n) is 5.87. The predicted octanol–water partition coefficient (Wildman–Crippen LogP) is 2.64. The first-order valence-corrected chi connectivity index (χ1v) is 6.86. The summed E-state index contributed by atoms with van der Waals surface area (Å²) in [4.78, 5) is 15.4. The molecule has 0 saturated heterocycles. The molecule has 3 nitrogen and oxygen atoms in total. The Kier molecular flexibility index (Phi) is 3.78. The highest BCUT2D eigenvalue weighted by Gasteiger charge is 2.17. The number of aliphatic hydroxyl groups is 1. The van der Waals surface area contributed by atoms with Crippen LogP contribution < -0.4 is 5.56 Å². The molecule has 0 unspecified atom stereocenters. The quantitative estimate of drug-likeness (QED) is 0.834. The fourth-order valence-corrected chi connectivity index (χ4v) is 2.77. The van der Waals surface area contributed by atoms with Crippen LogP contribution in [0.2, 0.25) is 0 Å². The zero-order valence-electron chi connectivity index (χ0n) is 10.6. The highest BCUT2D eigenvalue weighted by Crippen LogP contribution is 2.30. The zero-order valence-corrected chi connectivity index (χ0v) is 11.4. The van der Waals surface area contributed by atoms with E-state index in [4.69, 9.17) is 0 Å². The molecule has 1 heterocycles. The van der Waals surface area contributed by atoms with E-state index < -0.39 is 0 Å². The largest absolute Gasteiger partial charge is 0.396 e. The molecule has 2 aromatic rings. The zero-order chi connectivity index (χ0) is 13.2. The van der Waals surface area contributed by atoms with E-state index in [0.717, 1.165) is 21.6 Å². The van der Waals surface area contributed by atoms with Crippen molar-refractivity contribution < 1.29 is 5.11 Å². The van der Waals surface area contributed by atoms with Crippen LogP contribution in [0.4, 0.5) is 0 Å². The number of rotatable bonds is 4. The number of hydrogen-bond donors (Lipinski definition) is 2. The molecule has 0 amide bonds. The summed E-state index contributed by atoms with van der Waals surface area (Å²) >= 11 is 1.62. The second-order valence-electron chi connectivity index (χ2n) is 5.15. The van der Waals surface area contributed by atoms with Crippen molar-refractivity contribution in [2.45, 2.75) is 18.7 Å². The summed E-state index contributed by atoms with van der Waals surface area (Å²) in [6.45, 7) is 4.16. The molecule has 2 rings (SSSR count). The summed E-state index contributed by atoms with van der Waals surface area (Å²) in [6.07, 6.45) is 0. The lowest BCUT2D eigenvalue weighted by molar-refractivity contribution is 0.181. The summed E-state index contributed by atoms with van der Waals surface area (Å²) < 4.78 is 0. The van der Waals surface area contributed by atoms with Gasteiger partial charge in [-0.15, -0.1) is 11.8 Å². The molecule has 2 N–H and O–H groups in total. The van der Waals surface area contributed by atoms with E-state index in [-0.39, 0.29) is 17.6 Å². The average Bonchev–Trinajstić information content (AvgIpc) is 2.36. The third-order valence-corrected chi connectivity index (χ3v) is 4.33. The molecule has 0 aliphatic heterocycles. The minimum atomic E-state index is -0.144. The van der Waals surface area contributed by atoms with Gasteiger partial charge in [0.2, 0.25) is 5.56 Å². The van der Waals surface area contributed by atoms with Crippen molar-refractivity contribution in [3.8, 4) is 0 Å². The highest BCUT2D eigenvalue weighted by molar-refractivity contribution is 7.99.